The maximum Gasteiger partial charge on any atom is 0.262 e. The quantitative estimate of drug-likeness (QED) is 0.545. The predicted molar refractivity (Wildman–Crippen MR) is 113 cm³/mol. The Labute approximate surface area is 167 Å². The van der Waals surface area contributed by atoms with E-state index < -0.39 is 0 Å². The lowest BCUT2D eigenvalue weighted by Gasteiger charge is -2.12. The van der Waals surface area contributed by atoms with Gasteiger partial charge in [0.1, 0.15) is 11.6 Å². The summed E-state index contributed by atoms with van der Waals surface area (Å²) in [5.41, 5.74) is 2.70. The van der Waals surface area contributed by atoms with Crippen LogP contribution in [0.25, 0.3) is 22.3 Å². The summed E-state index contributed by atoms with van der Waals surface area (Å²) in [6, 6.07) is 21.8. The first-order valence-electron chi connectivity index (χ1n) is 9.18. The van der Waals surface area contributed by atoms with Crippen molar-refractivity contribution in [3.63, 3.8) is 0 Å². The molecule has 3 aromatic carbocycles. The first-order chi connectivity index (χ1) is 14.1. The summed E-state index contributed by atoms with van der Waals surface area (Å²) in [6.07, 6.45) is 0. The summed E-state index contributed by atoms with van der Waals surface area (Å²) < 4.78 is 5.74. The Morgan fingerprint density at radius 1 is 1.00 bits per heavy atom. The molecule has 144 valence electrons. The van der Waals surface area contributed by atoms with Crippen molar-refractivity contribution in [2.24, 2.45) is 0 Å². The van der Waals surface area contributed by atoms with Crippen LogP contribution in [0.3, 0.4) is 0 Å². The fraction of sp³-hybridized carbons (Fsp3) is 0.0870. The number of aromatic nitrogens is 2. The van der Waals surface area contributed by atoms with Crippen LogP contribution in [-0.2, 0) is 4.79 Å². The molecule has 0 unspecified atom stereocenters. The van der Waals surface area contributed by atoms with Crippen molar-refractivity contribution >= 4 is 22.5 Å². The molecule has 0 bridgehead atoms. The van der Waals surface area contributed by atoms with Gasteiger partial charge in [0.2, 0.25) is 0 Å². The Morgan fingerprint density at radius 3 is 2.59 bits per heavy atom. The maximum absolute atomic E-state index is 12.4. The van der Waals surface area contributed by atoms with Crippen molar-refractivity contribution in [1.82, 2.24) is 9.97 Å². The number of fused-ring (bicyclic) bond motifs is 1. The number of benzene rings is 3. The Hall–Kier alpha value is -3.93. The predicted octanol–water partition coefficient (Wildman–Crippen LogP) is 3.92. The molecule has 1 aromatic heterocycles. The Kier molecular flexibility index (Phi) is 5.07. The first-order valence-corrected chi connectivity index (χ1v) is 9.18. The molecule has 1 amide bonds. The van der Waals surface area contributed by atoms with Crippen LogP contribution in [0, 0.1) is 6.92 Å². The second-order valence-electron chi connectivity index (χ2n) is 6.58. The number of aryl methyl sites for hydroxylation is 1. The molecule has 0 aliphatic carbocycles. The zero-order valence-corrected chi connectivity index (χ0v) is 15.8. The van der Waals surface area contributed by atoms with E-state index in [0.717, 1.165) is 11.3 Å². The molecule has 0 spiro atoms. The van der Waals surface area contributed by atoms with Crippen molar-refractivity contribution < 1.29 is 9.53 Å². The van der Waals surface area contributed by atoms with Crippen LogP contribution in [0.4, 0.5) is 5.69 Å². The van der Waals surface area contributed by atoms with E-state index in [0.29, 0.717) is 28.0 Å². The molecule has 0 saturated heterocycles. The van der Waals surface area contributed by atoms with Crippen LogP contribution < -0.4 is 15.6 Å². The number of aromatic amines is 1. The van der Waals surface area contributed by atoms with E-state index in [2.05, 4.69) is 15.3 Å². The summed E-state index contributed by atoms with van der Waals surface area (Å²) in [7, 11) is 0. The molecule has 0 atom stereocenters. The third-order valence-corrected chi connectivity index (χ3v) is 4.53. The van der Waals surface area contributed by atoms with Gasteiger partial charge in [-0.05, 0) is 42.8 Å². The zero-order chi connectivity index (χ0) is 20.2. The monoisotopic (exact) mass is 385 g/mol. The number of hydrogen-bond acceptors (Lipinski definition) is 4. The van der Waals surface area contributed by atoms with Crippen molar-refractivity contribution in [2.45, 2.75) is 6.92 Å². The lowest BCUT2D eigenvalue weighted by atomic mass is 10.1. The number of carbonyl (C=O) groups is 1. The maximum atomic E-state index is 12.4. The number of amides is 1. The molecule has 0 fully saturated rings. The highest BCUT2D eigenvalue weighted by Gasteiger charge is 2.12. The molecule has 29 heavy (non-hydrogen) atoms. The van der Waals surface area contributed by atoms with Crippen molar-refractivity contribution in [3.8, 4) is 17.1 Å². The fourth-order valence-electron chi connectivity index (χ4n) is 3.04. The zero-order valence-electron chi connectivity index (χ0n) is 15.8. The van der Waals surface area contributed by atoms with E-state index in [9.17, 15) is 9.59 Å². The van der Waals surface area contributed by atoms with Gasteiger partial charge in [-0.15, -0.1) is 0 Å². The first kappa shape index (κ1) is 18.4. The molecule has 6 heteroatoms. The highest BCUT2D eigenvalue weighted by atomic mass is 16.5. The number of rotatable bonds is 5. The van der Waals surface area contributed by atoms with E-state index in [1.807, 2.05) is 43.3 Å². The van der Waals surface area contributed by atoms with Crippen molar-refractivity contribution in [1.29, 1.82) is 0 Å². The lowest BCUT2D eigenvalue weighted by molar-refractivity contribution is -0.118. The smallest absolute Gasteiger partial charge is 0.262 e. The molecular weight excluding hydrogens is 366 g/mol. The van der Waals surface area contributed by atoms with Gasteiger partial charge in [0.15, 0.2) is 6.61 Å². The van der Waals surface area contributed by atoms with E-state index >= 15 is 0 Å². The summed E-state index contributed by atoms with van der Waals surface area (Å²) in [6.45, 7) is 1.76. The average Bonchev–Trinajstić information content (AvgIpc) is 2.74. The van der Waals surface area contributed by atoms with E-state index in [1.165, 1.54) is 0 Å². The number of ether oxygens (including phenoxy) is 1. The van der Waals surface area contributed by atoms with Gasteiger partial charge in [-0.1, -0.05) is 42.5 Å². The molecule has 2 N–H and O–H groups in total. The van der Waals surface area contributed by atoms with Gasteiger partial charge in [-0.25, -0.2) is 4.98 Å². The van der Waals surface area contributed by atoms with Crippen LogP contribution in [0.2, 0.25) is 0 Å². The van der Waals surface area contributed by atoms with Gasteiger partial charge in [0, 0.05) is 5.69 Å². The minimum absolute atomic E-state index is 0.164. The number of nitrogens with zero attached hydrogens (tertiary/aromatic N) is 1. The van der Waals surface area contributed by atoms with Gasteiger partial charge in [0.05, 0.1) is 16.5 Å². The average molecular weight is 385 g/mol. The molecule has 0 saturated carbocycles. The van der Waals surface area contributed by atoms with Crippen LogP contribution in [0.1, 0.15) is 5.56 Å². The molecule has 6 nitrogen and oxygen atoms in total. The molecule has 0 radical (unpaired) electrons. The molecule has 4 rings (SSSR count). The minimum atomic E-state index is -0.269. The highest BCUT2D eigenvalue weighted by molar-refractivity contribution is 5.92. The van der Waals surface area contributed by atoms with E-state index in [-0.39, 0.29) is 18.1 Å². The minimum Gasteiger partial charge on any atom is -0.483 e. The normalized spacial score (nSPS) is 10.7. The van der Waals surface area contributed by atoms with E-state index in [4.69, 9.17) is 4.74 Å². The summed E-state index contributed by atoms with van der Waals surface area (Å²) >= 11 is 0. The number of anilines is 1. The summed E-state index contributed by atoms with van der Waals surface area (Å²) in [5.74, 6) is 0.587. The van der Waals surface area contributed by atoms with Gasteiger partial charge in [0.25, 0.3) is 11.5 Å². The molecular formula is C23H19N3O3. The largest absolute Gasteiger partial charge is 0.483 e. The lowest BCUT2D eigenvalue weighted by Crippen LogP contribution is -2.21. The number of hydrogen-bond donors (Lipinski definition) is 2. The summed E-state index contributed by atoms with van der Waals surface area (Å²) in [4.78, 5) is 32.0. The molecule has 4 aromatic rings. The summed E-state index contributed by atoms with van der Waals surface area (Å²) in [5, 5.41) is 3.36. The highest BCUT2D eigenvalue weighted by Crippen LogP contribution is 2.27. The Balaban J connectivity index is 1.57. The van der Waals surface area contributed by atoms with Crippen LogP contribution in [0.5, 0.6) is 5.75 Å². The molecule has 0 aliphatic rings. The SMILES string of the molecule is Cc1ccccc1NC(=O)COc1ccccc1-c1nc2ccccc2c(=O)[nH]1. The second kappa shape index (κ2) is 7.98. The van der Waals surface area contributed by atoms with Gasteiger partial charge in [-0.2, -0.15) is 0 Å². The van der Waals surface area contributed by atoms with Crippen molar-refractivity contribution in [3.05, 3.63) is 88.7 Å². The Bertz CT molecular complexity index is 1250. The number of nitrogens with one attached hydrogen (secondary N) is 2. The molecule has 1 heterocycles. The Morgan fingerprint density at radius 2 is 1.72 bits per heavy atom. The van der Waals surface area contributed by atoms with Crippen LogP contribution in [-0.4, -0.2) is 22.5 Å². The van der Waals surface area contributed by atoms with Gasteiger partial charge >= 0.3 is 0 Å². The van der Waals surface area contributed by atoms with Gasteiger partial charge < -0.3 is 15.0 Å². The number of para-hydroxylation sites is 3. The van der Waals surface area contributed by atoms with E-state index in [1.54, 1.807) is 36.4 Å². The van der Waals surface area contributed by atoms with Crippen LogP contribution >= 0.6 is 0 Å². The number of carbonyl (C=O) groups excluding carboxylic acids is 1. The van der Waals surface area contributed by atoms with Gasteiger partial charge in [-0.3, -0.25) is 9.59 Å². The third-order valence-electron chi connectivity index (χ3n) is 4.53. The second-order valence-corrected chi connectivity index (χ2v) is 6.58. The van der Waals surface area contributed by atoms with Crippen molar-refractivity contribution in [2.75, 3.05) is 11.9 Å². The number of H-pyrrole nitrogens is 1. The third kappa shape index (κ3) is 4.01. The van der Waals surface area contributed by atoms with Crippen LogP contribution in [0.15, 0.2) is 77.6 Å². The fourth-order valence-corrected chi connectivity index (χ4v) is 3.04. The standard InChI is InChI=1S/C23H19N3O3/c1-15-8-2-5-11-18(15)24-21(27)14-29-20-13-7-4-10-17(20)22-25-19-12-6-3-9-16(19)23(28)26-22/h2-13H,14H2,1H3,(H,24,27)(H,25,26,28). The molecule has 0 aliphatic heterocycles. The topological polar surface area (TPSA) is 84.1 Å².